The zero-order chi connectivity index (χ0) is 18.7. The standard InChI is InChI=1S/C18H17NO6S/c1-13-5-4-6-14(11-13)25-12-17(20)24-10-9-19-18(21)15-7-2-3-8-16(15)26(19,22)23/h2-8,11H,9-10,12H2,1H3. The number of hydrogen-bond donors (Lipinski definition) is 0. The summed E-state index contributed by atoms with van der Waals surface area (Å²) in [6.45, 7) is 1.11. The molecule has 7 nitrogen and oxygen atoms in total. The zero-order valence-electron chi connectivity index (χ0n) is 14.0. The van der Waals surface area contributed by atoms with Crippen LogP contribution in [-0.4, -0.2) is 44.4 Å². The molecule has 3 rings (SSSR count). The van der Waals surface area contributed by atoms with Crippen molar-refractivity contribution in [3.63, 3.8) is 0 Å². The van der Waals surface area contributed by atoms with Crippen LogP contribution < -0.4 is 4.74 Å². The van der Waals surface area contributed by atoms with Gasteiger partial charge in [0.2, 0.25) is 0 Å². The van der Waals surface area contributed by atoms with Gasteiger partial charge in [0.25, 0.3) is 15.9 Å². The SMILES string of the molecule is Cc1cccc(OCC(=O)OCCN2C(=O)c3ccccc3S2(=O)=O)c1. The highest BCUT2D eigenvalue weighted by Crippen LogP contribution is 2.29. The molecule has 1 aliphatic rings. The third kappa shape index (κ3) is 3.55. The molecule has 1 heterocycles. The van der Waals surface area contributed by atoms with Gasteiger partial charge in [0.15, 0.2) is 6.61 Å². The second-order valence-electron chi connectivity index (χ2n) is 5.70. The summed E-state index contributed by atoms with van der Waals surface area (Å²) in [5.41, 5.74) is 1.12. The predicted octanol–water partition coefficient (Wildman–Crippen LogP) is 1.76. The average Bonchev–Trinajstić information content (AvgIpc) is 2.81. The molecule has 0 radical (unpaired) electrons. The van der Waals surface area contributed by atoms with Crippen molar-refractivity contribution in [3.8, 4) is 5.75 Å². The number of rotatable bonds is 6. The minimum Gasteiger partial charge on any atom is -0.482 e. The van der Waals surface area contributed by atoms with Crippen LogP contribution in [0.4, 0.5) is 0 Å². The van der Waals surface area contributed by atoms with Gasteiger partial charge < -0.3 is 9.47 Å². The minimum atomic E-state index is -3.89. The Morgan fingerprint density at radius 2 is 1.88 bits per heavy atom. The topological polar surface area (TPSA) is 90.0 Å². The zero-order valence-corrected chi connectivity index (χ0v) is 14.9. The van der Waals surface area contributed by atoms with Crippen molar-refractivity contribution in [2.45, 2.75) is 11.8 Å². The highest BCUT2D eigenvalue weighted by Gasteiger charge is 2.40. The Labute approximate surface area is 151 Å². The number of ether oxygens (including phenoxy) is 2. The molecule has 26 heavy (non-hydrogen) atoms. The average molecular weight is 375 g/mol. The molecule has 1 amide bonds. The van der Waals surface area contributed by atoms with Crippen LogP contribution in [0.25, 0.3) is 0 Å². The van der Waals surface area contributed by atoms with Crippen molar-refractivity contribution in [2.24, 2.45) is 0 Å². The summed E-state index contributed by atoms with van der Waals surface area (Å²) < 4.78 is 35.7. The van der Waals surface area contributed by atoms with Crippen LogP contribution >= 0.6 is 0 Å². The number of fused-ring (bicyclic) bond motifs is 1. The van der Waals surface area contributed by atoms with Gasteiger partial charge in [-0.25, -0.2) is 17.5 Å². The molecule has 0 aromatic heterocycles. The van der Waals surface area contributed by atoms with Crippen LogP contribution in [0.15, 0.2) is 53.4 Å². The summed E-state index contributed by atoms with van der Waals surface area (Å²) >= 11 is 0. The van der Waals surface area contributed by atoms with Crippen molar-refractivity contribution < 1.29 is 27.5 Å². The Morgan fingerprint density at radius 1 is 1.12 bits per heavy atom. The number of hydrogen-bond acceptors (Lipinski definition) is 6. The van der Waals surface area contributed by atoms with Crippen LogP contribution in [-0.2, 0) is 19.6 Å². The van der Waals surface area contributed by atoms with Gasteiger partial charge in [0.05, 0.1) is 12.1 Å². The van der Waals surface area contributed by atoms with Crippen molar-refractivity contribution in [1.29, 1.82) is 0 Å². The summed E-state index contributed by atoms with van der Waals surface area (Å²) in [5, 5.41) is 0. The summed E-state index contributed by atoms with van der Waals surface area (Å²) in [4.78, 5) is 23.9. The van der Waals surface area contributed by atoms with Gasteiger partial charge >= 0.3 is 5.97 Å². The first kappa shape index (κ1) is 17.9. The van der Waals surface area contributed by atoms with E-state index >= 15 is 0 Å². The van der Waals surface area contributed by atoms with Gasteiger partial charge in [0.1, 0.15) is 17.3 Å². The summed E-state index contributed by atoms with van der Waals surface area (Å²) in [6, 6.07) is 13.2. The number of aryl methyl sites for hydroxylation is 1. The second-order valence-corrected chi connectivity index (χ2v) is 7.53. The fraction of sp³-hybridized carbons (Fsp3) is 0.222. The molecule has 1 aliphatic heterocycles. The van der Waals surface area contributed by atoms with Crippen LogP contribution in [0.3, 0.4) is 0 Å². The van der Waals surface area contributed by atoms with E-state index in [9.17, 15) is 18.0 Å². The number of nitrogens with zero attached hydrogens (tertiary/aromatic N) is 1. The van der Waals surface area contributed by atoms with Crippen LogP contribution in [0.5, 0.6) is 5.75 Å². The van der Waals surface area contributed by atoms with E-state index in [-0.39, 0.29) is 30.2 Å². The lowest BCUT2D eigenvalue weighted by Gasteiger charge is -2.15. The quantitative estimate of drug-likeness (QED) is 0.715. The fourth-order valence-corrected chi connectivity index (χ4v) is 4.14. The molecule has 0 bridgehead atoms. The van der Waals surface area contributed by atoms with Gasteiger partial charge in [-0.05, 0) is 36.8 Å². The summed E-state index contributed by atoms with van der Waals surface area (Å²) in [5.74, 6) is -0.726. The Hall–Kier alpha value is -2.87. The highest BCUT2D eigenvalue weighted by molar-refractivity contribution is 7.90. The van der Waals surface area contributed by atoms with Gasteiger partial charge in [-0.1, -0.05) is 24.3 Å². The van der Waals surface area contributed by atoms with Crippen LogP contribution in [0, 0.1) is 6.92 Å². The smallest absolute Gasteiger partial charge is 0.344 e. The predicted molar refractivity (Wildman–Crippen MR) is 92.3 cm³/mol. The third-order valence-electron chi connectivity index (χ3n) is 3.82. The molecule has 2 aromatic carbocycles. The van der Waals surface area contributed by atoms with E-state index in [1.807, 2.05) is 13.0 Å². The van der Waals surface area contributed by atoms with Crippen LogP contribution in [0.1, 0.15) is 15.9 Å². The molecule has 0 N–H and O–H groups in total. The monoisotopic (exact) mass is 375 g/mol. The molecule has 0 aliphatic carbocycles. The van der Waals surface area contributed by atoms with Gasteiger partial charge in [0, 0.05) is 0 Å². The summed E-state index contributed by atoms with van der Waals surface area (Å²) in [7, 11) is -3.89. The van der Waals surface area contributed by atoms with E-state index in [0.717, 1.165) is 5.56 Å². The number of carbonyl (C=O) groups excluding carboxylic acids is 2. The van der Waals surface area contributed by atoms with E-state index in [4.69, 9.17) is 9.47 Å². The molecule has 0 spiro atoms. The first-order valence-corrected chi connectivity index (χ1v) is 9.35. The Bertz CT molecular complexity index is 954. The molecule has 0 fully saturated rings. The van der Waals surface area contributed by atoms with E-state index in [2.05, 4.69) is 0 Å². The number of esters is 1. The first-order valence-electron chi connectivity index (χ1n) is 7.91. The molecule has 0 saturated heterocycles. The van der Waals surface area contributed by atoms with Gasteiger partial charge in [-0.3, -0.25) is 4.79 Å². The van der Waals surface area contributed by atoms with Gasteiger partial charge in [-0.15, -0.1) is 0 Å². The lowest BCUT2D eigenvalue weighted by Crippen LogP contribution is -2.34. The van der Waals surface area contributed by atoms with Crippen LogP contribution in [0.2, 0.25) is 0 Å². The molecule has 0 atom stereocenters. The third-order valence-corrected chi connectivity index (χ3v) is 5.66. The van der Waals surface area contributed by atoms with E-state index < -0.39 is 21.9 Å². The lowest BCUT2D eigenvalue weighted by molar-refractivity contribution is -0.146. The first-order chi connectivity index (χ1) is 12.4. The fourth-order valence-electron chi connectivity index (χ4n) is 2.58. The Balaban J connectivity index is 1.52. The number of amides is 1. The maximum absolute atomic E-state index is 12.4. The molecule has 0 unspecified atom stereocenters. The Kier molecular flexibility index (Phi) is 4.94. The van der Waals surface area contributed by atoms with Crippen molar-refractivity contribution in [3.05, 3.63) is 59.7 Å². The van der Waals surface area contributed by atoms with Gasteiger partial charge in [-0.2, -0.15) is 0 Å². The molecule has 0 saturated carbocycles. The maximum atomic E-state index is 12.4. The maximum Gasteiger partial charge on any atom is 0.344 e. The molecule has 8 heteroatoms. The van der Waals surface area contributed by atoms with E-state index in [0.29, 0.717) is 10.1 Å². The van der Waals surface area contributed by atoms with E-state index in [1.165, 1.54) is 12.1 Å². The number of benzene rings is 2. The molecule has 2 aromatic rings. The largest absolute Gasteiger partial charge is 0.482 e. The van der Waals surface area contributed by atoms with E-state index in [1.54, 1.807) is 30.3 Å². The van der Waals surface area contributed by atoms with Crippen molar-refractivity contribution in [1.82, 2.24) is 4.31 Å². The molecular weight excluding hydrogens is 358 g/mol. The molecule has 136 valence electrons. The normalized spacial score (nSPS) is 14.8. The Morgan fingerprint density at radius 3 is 2.62 bits per heavy atom. The molecular formula is C18H17NO6S. The minimum absolute atomic E-state index is 0.0286. The highest BCUT2D eigenvalue weighted by atomic mass is 32.2. The summed E-state index contributed by atoms with van der Waals surface area (Å²) in [6.07, 6.45) is 0. The van der Waals surface area contributed by atoms with Crippen molar-refractivity contribution in [2.75, 3.05) is 19.8 Å². The van der Waals surface area contributed by atoms with Crippen molar-refractivity contribution >= 4 is 21.9 Å². The number of sulfonamides is 1. The lowest BCUT2D eigenvalue weighted by atomic mass is 10.2. The second kappa shape index (κ2) is 7.17. The number of carbonyl (C=O) groups is 2.